The van der Waals surface area contributed by atoms with Gasteiger partial charge in [-0.25, -0.2) is 0 Å². The third kappa shape index (κ3) is 4.78. The largest absolute Gasteiger partial charge is 0.399 e. The second-order valence-corrected chi connectivity index (χ2v) is 3.22. The molecule has 0 spiro atoms. The molecule has 5 N–H and O–H groups in total. The van der Waals surface area contributed by atoms with Crippen LogP contribution >= 0.6 is 12.2 Å². The fraction of sp³-hybridized carbons (Fsp3) is 0. The van der Waals surface area contributed by atoms with Crippen molar-refractivity contribution in [2.24, 2.45) is 10.8 Å². The minimum atomic E-state index is 0.145. The molecular formula is C10H12N4S. The highest BCUT2D eigenvalue weighted by Crippen LogP contribution is 2.06. The Morgan fingerprint density at radius 3 is 2.60 bits per heavy atom. The zero-order chi connectivity index (χ0) is 11.1. The Labute approximate surface area is 93.7 Å². The topological polar surface area (TPSA) is 76.4 Å². The molecule has 0 atom stereocenters. The van der Waals surface area contributed by atoms with Crippen LogP contribution in [0.25, 0.3) is 6.08 Å². The predicted octanol–water partition coefficient (Wildman–Crippen LogP) is 1.10. The highest BCUT2D eigenvalue weighted by Gasteiger charge is 1.84. The molecule has 0 aliphatic heterocycles. The number of hydrogen-bond acceptors (Lipinski definition) is 3. The molecule has 1 rings (SSSR count). The minimum Gasteiger partial charge on any atom is -0.399 e. The number of nitrogens with zero attached hydrogens (tertiary/aromatic N) is 1. The Kier molecular flexibility index (Phi) is 4.30. The maximum absolute atomic E-state index is 5.55. The number of hydrazone groups is 1. The van der Waals surface area contributed by atoms with Crippen LogP contribution in [-0.2, 0) is 0 Å². The lowest BCUT2D eigenvalue weighted by Gasteiger charge is -1.93. The van der Waals surface area contributed by atoms with Crippen molar-refractivity contribution in [1.82, 2.24) is 5.43 Å². The molecule has 0 aliphatic rings. The average Bonchev–Trinajstić information content (AvgIpc) is 2.20. The molecule has 4 nitrogen and oxygen atoms in total. The minimum absolute atomic E-state index is 0.145. The predicted molar refractivity (Wildman–Crippen MR) is 68.3 cm³/mol. The first kappa shape index (κ1) is 11.2. The summed E-state index contributed by atoms with van der Waals surface area (Å²) in [6.07, 6.45) is 5.23. The molecule has 1 aromatic rings. The SMILES string of the molecule is NC(=S)NN=CC=Cc1ccc(N)cc1. The monoisotopic (exact) mass is 220 g/mol. The summed E-state index contributed by atoms with van der Waals surface area (Å²) in [5.41, 5.74) is 15.0. The van der Waals surface area contributed by atoms with E-state index in [4.69, 9.17) is 11.5 Å². The van der Waals surface area contributed by atoms with Crippen molar-refractivity contribution in [3.05, 3.63) is 35.9 Å². The lowest BCUT2D eigenvalue weighted by Crippen LogP contribution is -2.23. The first-order valence-electron chi connectivity index (χ1n) is 4.29. The number of anilines is 1. The van der Waals surface area contributed by atoms with Crippen LogP contribution in [0.4, 0.5) is 5.69 Å². The molecule has 78 valence electrons. The van der Waals surface area contributed by atoms with Gasteiger partial charge in [0.2, 0.25) is 0 Å². The van der Waals surface area contributed by atoms with E-state index in [9.17, 15) is 0 Å². The Morgan fingerprint density at radius 1 is 1.33 bits per heavy atom. The summed E-state index contributed by atoms with van der Waals surface area (Å²) >= 11 is 4.57. The van der Waals surface area contributed by atoms with Gasteiger partial charge in [0.25, 0.3) is 0 Å². The summed E-state index contributed by atoms with van der Waals surface area (Å²) in [6, 6.07) is 7.51. The van der Waals surface area contributed by atoms with Gasteiger partial charge in [-0.05, 0) is 36.0 Å². The number of rotatable bonds is 3. The Hall–Kier alpha value is -1.88. The first-order valence-corrected chi connectivity index (χ1v) is 4.70. The van der Waals surface area contributed by atoms with E-state index in [0.717, 1.165) is 11.3 Å². The first-order chi connectivity index (χ1) is 7.18. The van der Waals surface area contributed by atoms with Crippen LogP contribution in [0.3, 0.4) is 0 Å². The summed E-state index contributed by atoms with van der Waals surface area (Å²) in [7, 11) is 0. The van der Waals surface area contributed by atoms with E-state index in [2.05, 4.69) is 22.7 Å². The standard InChI is InChI=1S/C10H12N4S/c11-9-5-3-8(4-6-9)2-1-7-13-14-10(12)15/h1-7H,11H2,(H3,12,14,15). The van der Waals surface area contributed by atoms with Crippen LogP contribution in [0.5, 0.6) is 0 Å². The summed E-state index contributed by atoms with van der Waals surface area (Å²) in [6.45, 7) is 0. The molecule has 0 radical (unpaired) electrons. The molecule has 0 saturated heterocycles. The van der Waals surface area contributed by atoms with Gasteiger partial charge in [-0.3, -0.25) is 5.43 Å². The van der Waals surface area contributed by atoms with Crippen LogP contribution in [0.2, 0.25) is 0 Å². The van der Waals surface area contributed by atoms with Crippen molar-refractivity contribution in [2.75, 3.05) is 5.73 Å². The molecule has 1 aromatic carbocycles. The van der Waals surface area contributed by atoms with Crippen LogP contribution in [-0.4, -0.2) is 11.3 Å². The van der Waals surface area contributed by atoms with Crippen molar-refractivity contribution < 1.29 is 0 Å². The molecule has 0 heterocycles. The normalized spacial score (nSPS) is 10.9. The van der Waals surface area contributed by atoms with E-state index in [1.807, 2.05) is 30.3 Å². The Bertz CT molecular complexity index is 381. The van der Waals surface area contributed by atoms with Gasteiger partial charge < -0.3 is 11.5 Å². The number of nitrogens with two attached hydrogens (primary N) is 2. The molecule has 5 heteroatoms. The van der Waals surface area contributed by atoms with Gasteiger partial charge in [-0.15, -0.1) is 0 Å². The van der Waals surface area contributed by atoms with E-state index >= 15 is 0 Å². The summed E-state index contributed by atoms with van der Waals surface area (Å²) in [5, 5.41) is 3.90. The number of thiocarbonyl (C=S) groups is 1. The quantitative estimate of drug-likeness (QED) is 0.308. The number of allylic oxidation sites excluding steroid dienone is 1. The fourth-order valence-corrected chi connectivity index (χ4v) is 0.958. The molecule has 0 saturated carbocycles. The molecular weight excluding hydrogens is 208 g/mol. The average molecular weight is 220 g/mol. The molecule has 0 amide bonds. The van der Waals surface area contributed by atoms with Gasteiger partial charge in [0, 0.05) is 11.9 Å². The van der Waals surface area contributed by atoms with Crippen LogP contribution in [0.15, 0.2) is 35.4 Å². The number of nitrogens with one attached hydrogen (secondary N) is 1. The maximum Gasteiger partial charge on any atom is 0.184 e. The second kappa shape index (κ2) is 5.77. The van der Waals surface area contributed by atoms with E-state index < -0.39 is 0 Å². The smallest absolute Gasteiger partial charge is 0.184 e. The van der Waals surface area contributed by atoms with Gasteiger partial charge in [0.1, 0.15) is 0 Å². The summed E-state index contributed by atoms with van der Waals surface area (Å²) in [5.74, 6) is 0. The highest BCUT2D eigenvalue weighted by atomic mass is 32.1. The van der Waals surface area contributed by atoms with Gasteiger partial charge in [0.15, 0.2) is 5.11 Å². The lowest BCUT2D eigenvalue weighted by molar-refractivity contribution is 1.04. The van der Waals surface area contributed by atoms with Gasteiger partial charge in [0.05, 0.1) is 0 Å². The number of hydrogen-bond donors (Lipinski definition) is 3. The van der Waals surface area contributed by atoms with Crippen molar-refractivity contribution >= 4 is 35.3 Å². The van der Waals surface area contributed by atoms with Crippen LogP contribution < -0.4 is 16.9 Å². The van der Waals surface area contributed by atoms with Crippen molar-refractivity contribution in [3.8, 4) is 0 Å². The van der Waals surface area contributed by atoms with Crippen LogP contribution in [0.1, 0.15) is 5.56 Å². The van der Waals surface area contributed by atoms with Crippen LogP contribution in [0, 0.1) is 0 Å². The molecule has 0 aromatic heterocycles. The van der Waals surface area contributed by atoms with E-state index in [1.165, 1.54) is 0 Å². The Morgan fingerprint density at radius 2 is 2.00 bits per heavy atom. The third-order valence-corrected chi connectivity index (χ3v) is 1.65. The van der Waals surface area contributed by atoms with Crippen molar-refractivity contribution in [1.29, 1.82) is 0 Å². The molecule has 0 bridgehead atoms. The maximum atomic E-state index is 5.55. The number of nitrogen functional groups attached to an aromatic ring is 1. The van der Waals surface area contributed by atoms with Gasteiger partial charge in [-0.2, -0.15) is 5.10 Å². The zero-order valence-corrected chi connectivity index (χ0v) is 8.87. The Balaban J connectivity index is 2.47. The summed E-state index contributed by atoms with van der Waals surface area (Å²) < 4.78 is 0. The van der Waals surface area contributed by atoms with Gasteiger partial charge >= 0.3 is 0 Å². The zero-order valence-electron chi connectivity index (χ0n) is 8.05. The molecule has 0 fully saturated rings. The van der Waals surface area contributed by atoms with E-state index in [1.54, 1.807) is 12.3 Å². The second-order valence-electron chi connectivity index (χ2n) is 2.78. The highest BCUT2D eigenvalue weighted by molar-refractivity contribution is 7.80. The lowest BCUT2D eigenvalue weighted by atomic mass is 10.2. The van der Waals surface area contributed by atoms with E-state index in [0.29, 0.717) is 0 Å². The number of benzene rings is 1. The molecule has 15 heavy (non-hydrogen) atoms. The van der Waals surface area contributed by atoms with Crippen molar-refractivity contribution in [3.63, 3.8) is 0 Å². The summed E-state index contributed by atoms with van der Waals surface area (Å²) in [4.78, 5) is 0. The third-order valence-electron chi connectivity index (χ3n) is 1.56. The molecule has 0 aliphatic carbocycles. The van der Waals surface area contributed by atoms with E-state index in [-0.39, 0.29) is 5.11 Å². The molecule has 0 unspecified atom stereocenters. The van der Waals surface area contributed by atoms with Gasteiger partial charge in [-0.1, -0.05) is 18.2 Å². The fourth-order valence-electron chi connectivity index (χ4n) is 0.905. The van der Waals surface area contributed by atoms with Crippen molar-refractivity contribution in [2.45, 2.75) is 0 Å².